The van der Waals surface area contributed by atoms with Crippen LogP contribution >= 0.6 is 15.9 Å². The fraction of sp³-hybridized carbons (Fsp3) is 0.778. The molecule has 1 heterocycles. The van der Waals surface area contributed by atoms with Gasteiger partial charge in [-0.05, 0) is 27.2 Å². The molecule has 1 fully saturated rings. The van der Waals surface area contributed by atoms with Crippen LogP contribution in [0.1, 0.15) is 27.2 Å². The number of likely N-dealkylation sites (tertiary alicyclic amines) is 1. The van der Waals surface area contributed by atoms with Gasteiger partial charge in [-0.3, -0.25) is 4.79 Å². The van der Waals surface area contributed by atoms with Crippen molar-refractivity contribution in [2.24, 2.45) is 0 Å². The monoisotopic (exact) mass is 263 g/mol. The SMILES string of the molecule is CC(C)(C)OC(=O)N1CC[C@H](Br)C1=O. The second kappa shape index (κ2) is 3.88. The highest BCUT2D eigenvalue weighted by atomic mass is 79.9. The number of halogens is 1. The van der Waals surface area contributed by atoms with Crippen molar-refractivity contribution in [3.05, 3.63) is 0 Å². The first kappa shape index (κ1) is 11.5. The quantitative estimate of drug-likeness (QED) is 0.628. The van der Waals surface area contributed by atoms with Gasteiger partial charge >= 0.3 is 6.09 Å². The number of ether oxygens (including phenoxy) is 1. The van der Waals surface area contributed by atoms with E-state index in [0.717, 1.165) is 4.90 Å². The molecule has 0 N–H and O–H groups in total. The van der Waals surface area contributed by atoms with Gasteiger partial charge in [-0.2, -0.15) is 0 Å². The summed E-state index contributed by atoms with van der Waals surface area (Å²) in [5.41, 5.74) is -0.554. The van der Waals surface area contributed by atoms with Gasteiger partial charge in [0.25, 0.3) is 0 Å². The van der Waals surface area contributed by atoms with Crippen molar-refractivity contribution in [2.75, 3.05) is 6.54 Å². The average Bonchev–Trinajstić information content (AvgIpc) is 2.29. The normalized spacial score (nSPS) is 22.7. The molecule has 80 valence electrons. The third-order valence-corrected chi connectivity index (χ3v) is 2.60. The molecule has 2 amide bonds. The number of carbonyl (C=O) groups excluding carboxylic acids is 2. The van der Waals surface area contributed by atoms with Crippen molar-refractivity contribution in [1.29, 1.82) is 0 Å². The minimum atomic E-state index is -0.554. The number of alkyl halides is 1. The highest BCUT2D eigenvalue weighted by Crippen LogP contribution is 2.20. The maximum atomic E-state index is 11.5. The molecule has 0 unspecified atom stereocenters. The average molecular weight is 264 g/mol. The van der Waals surface area contributed by atoms with Crippen LogP contribution in [0.3, 0.4) is 0 Å². The Balaban J connectivity index is 2.59. The van der Waals surface area contributed by atoms with E-state index in [0.29, 0.717) is 13.0 Å². The summed E-state index contributed by atoms with van der Waals surface area (Å²) >= 11 is 3.19. The molecule has 0 saturated carbocycles. The first-order valence-corrected chi connectivity index (χ1v) is 5.41. The number of nitrogens with zero attached hydrogens (tertiary/aromatic N) is 1. The van der Waals surface area contributed by atoms with E-state index in [1.807, 2.05) is 0 Å². The van der Waals surface area contributed by atoms with Gasteiger partial charge in [-0.25, -0.2) is 9.69 Å². The van der Waals surface area contributed by atoms with Crippen molar-refractivity contribution in [3.8, 4) is 0 Å². The largest absolute Gasteiger partial charge is 0.443 e. The molecular weight excluding hydrogens is 250 g/mol. The Morgan fingerprint density at radius 2 is 2.14 bits per heavy atom. The number of amides is 2. The Bertz CT molecular complexity index is 259. The Hall–Kier alpha value is -0.580. The Morgan fingerprint density at radius 3 is 2.50 bits per heavy atom. The minimum Gasteiger partial charge on any atom is -0.443 e. The first-order chi connectivity index (χ1) is 6.31. The highest BCUT2D eigenvalue weighted by Gasteiger charge is 2.36. The zero-order valence-corrected chi connectivity index (χ0v) is 10.1. The van der Waals surface area contributed by atoms with Gasteiger partial charge in [0.15, 0.2) is 0 Å². The summed E-state index contributed by atoms with van der Waals surface area (Å²) in [6.45, 7) is 5.76. The molecule has 0 radical (unpaired) electrons. The lowest BCUT2D eigenvalue weighted by Gasteiger charge is -2.23. The Morgan fingerprint density at radius 1 is 1.57 bits per heavy atom. The maximum Gasteiger partial charge on any atom is 0.417 e. The van der Waals surface area contributed by atoms with Crippen molar-refractivity contribution in [3.63, 3.8) is 0 Å². The van der Waals surface area contributed by atoms with Gasteiger partial charge in [0.1, 0.15) is 5.60 Å². The molecule has 1 aliphatic heterocycles. The molecule has 1 rings (SSSR count). The van der Waals surface area contributed by atoms with Crippen LogP contribution in [0.5, 0.6) is 0 Å². The van der Waals surface area contributed by atoms with E-state index in [1.165, 1.54) is 0 Å². The van der Waals surface area contributed by atoms with Crippen LogP contribution in [-0.4, -0.2) is 33.9 Å². The number of carbonyl (C=O) groups is 2. The number of rotatable bonds is 0. The van der Waals surface area contributed by atoms with Gasteiger partial charge in [0.05, 0.1) is 4.83 Å². The Labute approximate surface area is 91.7 Å². The van der Waals surface area contributed by atoms with E-state index in [1.54, 1.807) is 20.8 Å². The van der Waals surface area contributed by atoms with Crippen LogP contribution in [0, 0.1) is 0 Å². The van der Waals surface area contributed by atoms with E-state index >= 15 is 0 Å². The summed E-state index contributed by atoms with van der Waals surface area (Å²) in [4.78, 5) is 23.8. The number of hydrogen-bond acceptors (Lipinski definition) is 3. The van der Waals surface area contributed by atoms with E-state index in [4.69, 9.17) is 4.74 Å². The van der Waals surface area contributed by atoms with E-state index in [2.05, 4.69) is 15.9 Å². The molecule has 1 saturated heterocycles. The van der Waals surface area contributed by atoms with Crippen molar-refractivity contribution in [1.82, 2.24) is 4.90 Å². The predicted molar refractivity (Wildman–Crippen MR) is 55.3 cm³/mol. The van der Waals surface area contributed by atoms with Crippen molar-refractivity contribution in [2.45, 2.75) is 37.6 Å². The van der Waals surface area contributed by atoms with Gasteiger partial charge in [-0.15, -0.1) is 0 Å². The lowest BCUT2D eigenvalue weighted by Crippen LogP contribution is -2.38. The van der Waals surface area contributed by atoms with Gasteiger partial charge in [0, 0.05) is 6.54 Å². The first-order valence-electron chi connectivity index (χ1n) is 4.50. The molecule has 0 spiro atoms. The van der Waals surface area contributed by atoms with E-state index < -0.39 is 11.7 Å². The van der Waals surface area contributed by atoms with Crippen molar-refractivity contribution < 1.29 is 14.3 Å². The molecule has 0 aromatic rings. The molecule has 1 aliphatic rings. The zero-order chi connectivity index (χ0) is 10.9. The third-order valence-electron chi connectivity index (χ3n) is 1.75. The molecule has 5 heteroatoms. The zero-order valence-electron chi connectivity index (χ0n) is 8.54. The second-order valence-corrected chi connectivity index (χ2v) is 5.33. The third kappa shape index (κ3) is 2.70. The predicted octanol–water partition coefficient (Wildman–Crippen LogP) is 1.92. The lowest BCUT2D eigenvalue weighted by molar-refractivity contribution is -0.126. The smallest absolute Gasteiger partial charge is 0.417 e. The van der Waals surface area contributed by atoms with Crippen LogP contribution in [0.2, 0.25) is 0 Å². The standard InChI is InChI=1S/C9H14BrNO3/c1-9(2,3)14-8(13)11-5-4-6(10)7(11)12/h6H,4-5H2,1-3H3/t6-/m0/s1. The summed E-state index contributed by atoms with van der Waals surface area (Å²) < 4.78 is 5.09. The molecule has 4 nitrogen and oxygen atoms in total. The Kier molecular flexibility index (Phi) is 3.19. The number of hydrogen-bond donors (Lipinski definition) is 0. The van der Waals surface area contributed by atoms with Gasteiger partial charge < -0.3 is 4.74 Å². The summed E-state index contributed by atoms with van der Waals surface area (Å²) in [5, 5.41) is 0. The molecule has 0 aromatic heterocycles. The summed E-state index contributed by atoms with van der Waals surface area (Å²) in [5.74, 6) is -0.209. The molecule has 14 heavy (non-hydrogen) atoms. The van der Waals surface area contributed by atoms with Gasteiger partial charge in [-0.1, -0.05) is 15.9 Å². The fourth-order valence-corrected chi connectivity index (χ4v) is 1.60. The number of imide groups is 1. The topological polar surface area (TPSA) is 46.6 Å². The van der Waals surface area contributed by atoms with Crippen molar-refractivity contribution >= 4 is 27.9 Å². The molecule has 1 atom stereocenters. The van der Waals surface area contributed by atoms with Crippen LogP contribution < -0.4 is 0 Å². The molecule has 0 aliphatic carbocycles. The van der Waals surface area contributed by atoms with E-state index in [-0.39, 0.29) is 10.7 Å². The summed E-state index contributed by atoms with van der Waals surface area (Å²) in [7, 11) is 0. The van der Waals surface area contributed by atoms with Crippen LogP contribution in [-0.2, 0) is 9.53 Å². The van der Waals surface area contributed by atoms with Crippen LogP contribution in [0.15, 0.2) is 0 Å². The van der Waals surface area contributed by atoms with Crippen LogP contribution in [0.4, 0.5) is 4.79 Å². The maximum absolute atomic E-state index is 11.5. The minimum absolute atomic E-state index is 0.209. The fourth-order valence-electron chi connectivity index (χ4n) is 1.14. The highest BCUT2D eigenvalue weighted by molar-refractivity contribution is 9.10. The molecular formula is C9H14BrNO3. The van der Waals surface area contributed by atoms with Gasteiger partial charge in [0.2, 0.25) is 5.91 Å². The molecule has 0 aromatic carbocycles. The van der Waals surface area contributed by atoms with Crippen LogP contribution in [0.25, 0.3) is 0 Å². The van der Waals surface area contributed by atoms with E-state index in [9.17, 15) is 9.59 Å². The summed E-state index contributed by atoms with van der Waals surface area (Å²) in [6.07, 6.45) is 0.0994. The summed E-state index contributed by atoms with van der Waals surface area (Å²) in [6, 6.07) is 0. The lowest BCUT2D eigenvalue weighted by atomic mass is 10.2. The molecule has 0 bridgehead atoms. The second-order valence-electron chi connectivity index (χ2n) is 4.23.